The van der Waals surface area contributed by atoms with E-state index in [1.54, 1.807) is 12.1 Å². The number of benzene rings is 1. The van der Waals surface area contributed by atoms with Crippen LogP contribution in [0, 0.1) is 16.7 Å². The highest BCUT2D eigenvalue weighted by Gasteiger charge is 2.44. The molecule has 1 aromatic rings. The van der Waals surface area contributed by atoms with Gasteiger partial charge in [0.1, 0.15) is 0 Å². The maximum atomic E-state index is 11.9. The minimum absolute atomic E-state index is 0.288. The lowest BCUT2D eigenvalue weighted by atomic mass is 9.58. The van der Waals surface area contributed by atoms with Crippen molar-refractivity contribution < 1.29 is 8.42 Å². The smallest absolute Gasteiger partial charge is 0.177 e. The minimum Gasteiger partial charge on any atom is -0.381 e. The van der Waals surface area contributed by atoms with Crippen LogP contribution < -0.4 is 5.32 Å². The fourth-order valence-electron chi connectivity index (χ4n) is 4.05. The van der Waals surface area contributed by atoms with Crippen molar-refractivity contribution in [2.45, 2.75) is 55.9 Å². The van der Waals surface area contributed by atoms with Crippen LogP contribution in [0.3, 0.4) is 0 Å². The number of hydrogen-bond acceptors (Lipinski definition) is 4. The highest BCUT2D eigenvalue weighted by molar-refractivity contribution is 7.90. The first-order valence-electron chi connectivity index (χ1n) is 7.93. The van der Waals surface area contributed by atoms with Crippen molar-refractivity contribution in [3.8, 4) is 6.07 Å². The van der Waals surface area contributed by atoms with Gasteiger partial charge in [-0.2, -0.15) is 5.26 Å². The van der Waals surface area contributed by atoms with E-state index in [-0.39, 0.29) is 4.90 Å². The third kappa shape index (κ3) is 2.98. The van der Waals surface area contributed by atoms with Crippen LogP contribution >= 0.6 is 0 Å². The Bertz CT molecular complexity index is 705. The predicted octanol–water partition coefficient (Wildman–Crippen LogP) is 3.49. The number of hydrogen-bond donors (Lipinski definition) is 1. The molecule has 0 radical (unpaired) electrons. The number of rotatable bonds is 3. The van der Waals surface area contributed by atoms with Crippen LogP contribution in [0.15, 0.2) is 23.1 Å². The van der Waals surface area contributed by atoms with Crippen molar-refractivity contribution in [3.63, 3.8) is 0 Å². The van der Waals surface area contributed by atoms with Crippen LogP contribution in [0.5, 0.6) is 0 Å². The Morgan fingerprint density at radius 2 is 1.91 bits per heavy atom. The van der Waals surface area contributed by atoms with Crippen LogP contribution in [0.4, 0.5) is 5.69 Å². The Hall–Kier alpha value is -1.54. The Labute approximate surface area is 132 Å². The third-order valence-electron chi connectivity index (χ3n) is 5.14. The fraction of sp³-hybridized carbons (Fsp3) is 0.588. The van der Waals surface area contributed by atoms with Gasteiger partial charge in [0.25, 0.3) is 0 Å². The van der Waals surface area contributed by atoms with Crippen molar-refractivity contribution in [1.82, 2.24) is 0 Å². The summed E-state index contributed by atoms with van der Waals surface area (Å²) in [5.41, 5.74) is 1.56. The Morgan fingerprint density at radius 3 is 2.50 bits per heavy atom. The quantitative estimate of drug-likeness (QED) is 0.926. The summed E-state index contributed by atoms with van der Waals surface area (Å²) < 4.78 is 23.8. The molecule has 22 heavy (non-hydrogen) atoms. The SMILES string of the molecule is CS(=O)(=O)c1ccc(C#N)cc1NC1CC2(CCCCC2)C1. The summed E-state index contributed by atoms with van der Waals surface area (Å²) >= 11 is 0. The largest absolute Gasteiger partial charge is 0.381 e. The van der Waals surface area contributed by atoms with Crippen LogP contribution in [-0.2, 0) is 9.84 Å². The average Bonchev–Trinajstić information content (AvgIpc) is 2.45. The molecule has 0 saturated heterocycles. The standard InChI is InChI=1S/C17H22N2O2S/c1-22(20,21)16-6-5-13(12-18)9-15(16)19-14-10-17(11-14)7-3-2-4-8-17/h5-6,9,14,19H,2-4,7-8,10-11H2,1H3. The number of nitrogens with one attached hydrogen (secondary N) is 1. The van der Waals surface area contributed by atoms with Gasteiger partial charge in [-0.05, 0) is 49.3 Å². The van der Waals surface area contributed by atoms with Crippen molar-refractivity contribution in [1.29, 1.82) is 5.26 Å². The van der Waals surface area contributed by atoms with E-state index in [9.17, 15) is 8.42 Å². The van der Waals surface area contributed by atoms with Gasteiger partial charge >= 0.3 is 0 Å². The van der Waals surface area contributed by atoms with Gasteiger partial charge in [0.15, 0.2) is 9.84 Å². The monoisotopic (exact) mass is 318 g/mol. The van der Waals surface area contributed by atoms with Crippen molar-refractivity contribution in [3.05, 3.63) is 23.8 Å². The van der Waals surface area contributed by atoms with E-state index in [0.29, 0.717) is 22.7 Å². The maximum Gasteiger partial charge on any atom is 0.177 e. The molecular weight excluding hydrogens is 296 g/mol. The van der Waals surface area contributed by atoms with Gasteiger partial charge in [0, 0.05) is 12.3 Å². The number of anilines is 1. The van der Waals surface area contributed by atoms with E-state index in [2.05, 4.69) is 11.4 Å². The molecule has 0 unspecified atom stereocenters. The van der Waals surface area contributed by atoms with Crippen molar-refractivity contribution in [2.75, 3.05) is 11.6 Å². The lowest BCUT2D eigenvalue weighted by molar-refractivity contribution is 0.0634. The molecule has 118 valence electrons. The topological polar surface area (TPSA) is 70.0 Å². The molecule has 0 amide bonds. The molecule has 0 bridgehead atoms. The van der Waals surface area contributed by atoms with E-state index < -0.39 is 9.84 Å². The van der Waals surface area contributed by atoms with Crippen LogP contribution in [-0.4, -0.2) is 20.7 Å². The number of sulfone groups is 1. The Kier molecular flexibility index (Phi) is 3.90. The molecule has 3 rings (SSSR count). The summed E-state index contributed by atoms with van der Waals surface area (Å²) in [5.74, 6) is 0. The van der Waals surface area contributed by atoms with E-state index in [1.807, 2.05) is 0 Å². The lowest BCUT2D eigenvalue weighted by Gasteiger charge is -2.51. The molecule has 0 aromatic heterocycles. The molecule has 0 aliphatic heterocycles. The number of nitriles is 1. The first kappa shape index (κ1) is 15.4. The second kappa shape index (κ2) is 5.58. The van der Waals surface area contributed by atoms with Crippen LogP contribution in [0.2, 0.25) is 0 Å². The van der Waals surface area contributed by atoms with E-state index in [1.165, 1.54) is 44.4 Å². The normalized spacial score (nSPS) is 21.1. The fourth-order valence-corrected chi connectivity index (χ4v) is 4.89. The molecule has 2 fully saturated rings. The van der Waals surface area contributed by atoms with Gasteiger partial charge in [-0.25, -0.2) is 8.42 Å². The third-order valence-corrected chi connectivity index (χ3v) is 6.30. The molecule has 1 aromatic carbocycles. The summed E-state index contributed by atoms with van der Waals surface area (Å²) in [6.07, 6.45) is 10.1. The molecule has 2 aliphatic carbocycles. The minimum atomic E-state index is -3.29. The molecular formula is C17H22N2O2S. The molecule has 0 atom stereocenters. The number of nitrogens with zero attached hydrogens (tertiary/aromatic N) is 1. The average molecular weight is 318 g/mol. The van der Waals surface area contributed by atoms with E-state index in [0.717, 1.165) is 12.8 Å². The van der Waals surface area contributed by atoms with Gasteiger partial charge in [-0.1, -0.05) is 19.3 Å². The summed E-state index contributed by atoms with van der Waals surface area (Å²) in [4.78, 5) is 0.288. The zero-order chi connectivity index (χ0) is 15.8. The first-order valence-corrected chi connectivity index (χ1v) is 9.82. The van der Waals surface area contributed by atoms with E-state index >= 15 is 0 Å². The van der Waals surface area contributed by atoms with Gasteiger partial charge < -0.3 is 5.32 Å². The second-order valence-electron chi connectivity index (χ2n) is 6.91. The highest BCUT2D eigenvalue weighted by atomic mass is 32.2. The molecule has 1 spiro atoms. The molecule has 2 saturated carbocycles. The van der Waals surface area contributed by atoms with Crippen LogP contribution in [0.25, 0.3) is 0 Å². The molecule has 2 aliphatic rings. The molecule has 4 nitrogen and oxygen atoms in total. The molecule has 5 heteroatoms. The van der Waals surface area contributed by atoms with Gasteiger partial charge in [-0.15, -0.1) is 0 Å². The summed E-state index contributed by atoms with van der Waals surface area (Å²) in [7, 11) is -3.29. The van der Waals surface area contributed by atoms with Crippen molar-refractivity contribution in [2.24, 2.45) is 5.41 Å². The lowest BCUT2D eigenvalue weighted by Crippen LogP contribution is -2.46. The van der Waals surface area contributed by atoms with Gasteiger partial charge in [0.2, 0.25) is 0 Å². The summed E-state index contributed by atoms with van der Waals surface area (Å²) in [6.45, 7) is 0. The van der Waals surface area contributed by atoms with Crippen molar-refractivity contribution >= 4 is 15.5 Å². The highest BCUT2D eigenvalue weighted by Crippen LogP contribution is 2.52. The van der Waals surface area contributed by atoms with Gasteiger partial charge in [-0.3, -0.25) is 0 Å². The molecule has 1 N–H and O–H groups in total. The first-order chi connectivity index (χ1) is 10.4. The van der Waals surface area contributed by atoms with Crippen LogP contribution in [0.1, 0.15) is 50.5 Å². The predicted molar refractivity (Wildman–Crippen MR) is 86.4 cm³/mol. The van der Waals surface area contributed by atoms with Gasteiger partial charge in [0.05, 0.1) is 22.2 Å². The van der Waals surface area contributed by atoms with E-state index in [4.69, 9.17) is 5.26 Å². The maximum absolute atomic E-state index is 11.9. The second-order valence-corrected chi connectivity index (χ2v) is 8.89. The summed E-state index contributed by atoms with van der Waals surface area (Å²) in [5, 5.41) is 12.4. The Balaban J connectivity index is 1.77. The zero-order valence-electron chi connectivity index (χ0n) is 12.9. The summed E-state index contributed by atoms with van der Waals surface area (Å²) in [6, 6.07) is 7.15. The zero-order valence-corrected chi connectivity index (χ0v) is 13.7. The molecule has 0 heterocycles. The Morgan fingerprint density at radius 1 is 1.23 bits per heavy atom.